The van der Waals surface area contributed by atoms with Crippen LogP contribution in [0.3, 0.4) is 0 Å². The fourth-order valence-corrected chi connectivity index (χ4v) is 5.16. The second kappa shape index (κ2) is 7.77. The highest BCUT2D eigenvalue weighted by Gasteiger charge is 2.34. The number of fused-ring (bicyclic) bond motifs is 5. The van der Waals surface area contributed by atoms with E-state index in [0.717, 1.165) is 39.6 Å². The van der Waals surface area contributed by atoms with E-state index in [2.05, 4.69) is 9.88 Å². The Labute approximate surface area is 201 Å². The zero-order valence-corrected chi connectivity index (χ0v) is 19.6. The molecule has 1 N–H and O–H groups in total. The molecule has 0 saturated carbocycles. The van der Waals surface area contributed by atoms with Crippen molar-refractivity contribution in [2.24, 2.45) is 14.1 Å². The van der Waals surface area contributed by atoms with Gasteiger partial charge in [0.25, 0.3) is 5.56 Å². The van der Waals surface area contributed by atoms with Gasteiger partial charge in [-0.05, 0) is 35.4 Å². The number of hydrogen-bond donors (Lipinski definition) is 1. The number of benzene rings is 3. The number of anilines is 1. The minimum absolute atomic E-state index is 0.314. The van der Waals surface area contributed by atoms with Crippen molar-refractivity contribution in [2.75, 3.05) is 12.4 Å². The summed E-state index contributed by atoms with van der Waals surface area (Å²) in [5.41, 5.74) is 5.28. The maximum absolute atomic E-state index is 13.7. The van der Waals surface area contributed by atoms with Crippen LogP contribution in [0.4, 0.5) is 5.69 Å². The van der Waals surface area contributed by atoms with Crippen LogP contribution in [-0.4, -0.2) is 20.8 Å². The van der Waals surface area contributed by atoms with Gasteiger partial charge in [-0.15, -0.1) is 0 Å². The van der Waals surface area contributed by atoms with Crippen molar-refractivity contribution < 1.29 is 4.74 Å². The molecule has 0 bridgehead atoms. The molecule has 0 spiro atoms. The van der Waals surface area contributed by atoms with Crippen molar-refractivity contribution in [3.05, 3.63) is 111 Å². The van der Waals surface area contributed by atoms with Crippen molar-refractivity contribution in [2.45, 2.75) is 6.04 Å². The Morgan fingerprint density at radius 3 is 2.37 bits per heavy atom. The minimum atomic E-state index is -0.362. The van der Waals surface area contributed by atoms with E-state index in [9.17, 15) is 9.59 Å². The molecule has 7 nitrogen and oxygen atoms in total. The van der Waals surface area contributed by atoms with E-state index in [4.69, 9.17) is 4.74 Å². The standard InChI is InChI=1S/C28H24N4O3/c1-30-25-22(27(33)31(2)28(30)34)24(17-10-5-4-6-11-17)32-21-15-8-7-14-20(21)29-23(26(25)32)18-12-9-13-19(16-18)35-3/h4-16,23,29H,1-3H3/t23-/m1/s1. The maximum atomic E-state index is 13.7. The van der Waals surface area contributed by atoms with Crippen LogP contribution in [0.1, 0.15) is 17.3 Å². The molecule has 2 aromatic heterocycles. The molecule has 5 aromatic rings. The molecule has 0 fully saturated rings. The van der Waals surface area contributed by atoms with E-state index in [1.165, 1.54) is 11.6 Å². The molecular formula is C28H24N4O3. The summed E-state index contributed by atoms with van der Waals surface area (Å²) in [5.74, 6) is 0.735. The first kappa shape index (κ1) is 21.0. The van der Waals surface area contributed by atoms with Gasteiger partial charge in [-0.25, -0.2) is 4.79 Å². The number of nitrogens with zero attached hydrogens (tertiary/aromatic N) is 3. The summed E-state index contributed by atoms with van der Waals surface area (Å²) in [6.45, 7) is 0. The third kappa shape index (κ3) is 2.98. The molecule has 0 unspecified atom stereocenters. The largest absolute Gasteiger partial charge is 0.497 e. The third-order valence-electron chi connectivity index (χ3n) is 6.80. The summed E-state index contributed by atoms with van der Waals surface area (Å²) < 4.78 is 10.4. The molecule has 35 heavy (non-hydrogen) atoms. The number of nitrogens with one attached hydrogen (secondary N) is 1. The number of rotatable bonds is 3. The van der Waals surface area contributed by atoms with Gasteiger partial charge in [0, 0.05) is 14.1 Å². The molecule has 1 atom stereocenters. The van der Waals surface area contributed by atoms with E-state index in [0.29, 0.717) is 10.9 Å². The summed E-state index contributed by atoms with van der Waals surface area (Å²) in [4.78, 5) is 26.8. The van der Waals surface area contributed by atoms with Crippen LogP contribution in [0.15, 0.2) is 88.5 Å². The van der Waals surface area contributed by atoms with Crippen LogP contribution in [0.25, 0.3) is 27.8 Å². The molecule has 174 valence electrons. The predicted molar refractivity (Wildman–Crippen MR) is 138 cm³/mol. The normalized spacial score (nSPS) is 14.3. The summed E-state index contributed by atoms with van der Waals surface area (Å²) in [7, 11) is 4.89. The summed E-state index contributed by atoms with van der Waals surface area (Å²) in [6.07, 6.45) is 0. The number of methoxy groups -OCH3 is 1. The Morgan fingerprint density at radius 2 is 1.60 bits per heavy atom. The van der Waals surface area contributed by atoms with Crippen LogP contribution in [0.5, 0.6) is 5.75 Å². The Bertz CT molecular complexity index is 1730. The van der Waals surface area contributed by atoms with Crippen molar-refractivity contribution >= 4 is 16.6 Å². The molecule has 6 rings (SSSR count). The van der Waals surface area contributed by atoms with Gasteiger partial charge in [-0.3, -0.25) is 13.9 Å². The number of para-hydroxylation sites is 2. The fraction of sp³-hybridized carbons (Fsp3) is 0.143. The predicted octanol–water partition coefficient (Wildman–Crippen LogP) is 4.22. The Morgan fingerprint density at radius 1 is 0.857 bits per heavy atom. The molecule has 3 aromatic carbocycles. The average molecular weight is 465 g/mol. The molecule has 3 heterocycles. The highest BCUT2D eigenvalue weighted by atomic mass is 16.5. The van der Waals surface area contributed by atoms with E-state index in [1.54, 1.807) is 18.7 Å². The summed E-state index contributed by atoms with van der Waals surface area (Å²) in [6, 6.07) is 25.4. The van der Waals surface area contributed by atoms with Crippen LogP contribution >= 0.6 is 0 Å². The van der Waals surface area contributed by atoms with Gasteiger partial charge in [0.1, 0.15) is 5.75 Å². The van der Waals surface area contributed by atoms with Crippen molar-refractivity contribution in [3.8, 4) is 22.7 Å². The lowest BCUT2D eigenvalue weighted by molar-refractivity contribution is 0.414. The van der Waals surface area contributed by atoms with Gasteiger partial charge in [-0.1, -0.05) is 54.6 Å². The van der Waals surface area contributed by atoms with E-state index < -0.39 is 0 Å². The minimum Gasteiger partial charge on any atom is -0.497 e. The second-order valence-corrected chi connectivity index (χ2v) is 8.74. The van der Waals surface area contributed by atoms with Crippen molar-refractivity contribution in [3.63, 3.8) is 0 Å². The molecule has 0 aliphatic carbocycles. The lowest BCUT2D eigenvalue weighted by atomic mass is 9.99. The van der Waals surface area contributed by atoms with Crippen LogP contribution in [0.2, 0.25) is 0 Å². The van der Waals surface area contributed by atoms with Crippen LogP contribution in [-0.2, 0) is 14.1 Å². The highest BCUT2D eigenvalue weighted by molar-refractivity contribution is 5.99. The summed E-state index contributed by atoms with van der Waals surface area (Å²) >= 11 is 0. The lowest BCUT2D eigenvalue weighted by Crippen LogP contribution is -2.37. The zero-order valence-electron chi connectivity index (χ0n) is 19.6. The molecule has 1 aliphatic heterocycles. The number of ether oxygens (including phenoxy) is 1. The Balaban J connectivity index is 1.85. The van der Waals surface area contributed by atoms with Crippen LogP contribution < -0.4 is 21.3 Å². The second-order valence-electron chi connectivity index (χ2n) is 8.74. The number of aromatic nitrogens is 3. The van der Waals surface area contributed by atoms with Crippen LogP contribution in [0, 0.1) is 0 Å². The molecular weight excluding hydrogens is 440 g/mol. The topological polar surface area (TPSA) is 70.2 Å². The van der Waals surface area contributed by atoms with Gasteiger partial charge in [0.05, 0.1) is 46.8 Å². The molecule has 0 saturated heterocycles. The molecule has 0 radical (unpaired) electrons. The van der Waals surface area contributed by atoms with E-state index in [-0.39, 0.29) is 17.3 Å². The zero-order chi connectivity index (χ0) is 24.3. The van der Waals surface area contributed by atoms with E-state index >= 15 is 0 Å². The van der Waals surface area contributed by atoms with Gasteiger partial charge in [-0.2, -0.15) is 0 Å². The van der Waals surface area contributed by atoms with Gasteiger partial charge in [0.15, 0.2) is 0 Å². The average Bonchev–Trinajstić information content (AvgIpc) is 3.27. The first-order valence-electron chi connectivity index (χ1n) is 11.4. The van der Waals surface area contributed by atoms with Crippen molar-refractivity contribution in [1.29, 1.82) is 0 Å². The quantitative estimate of drug-likeness (QED) is 0.434. The molecule has 1 aliphatic rings. The Kier molecular flexibility index (Phi) is 4.67. The van der Waals surface area contributed by atoms with Gasteiger partial charge < -0.3 is 14.6 Å². The number of aryl methyl sites for hydroxylation is 1. The first-order chi connectivity index (χ1) is 17.0. The van der Waals surface area contributed by atoms with E-state index in [1.807, 2.05) is 78.9 Å². The highest BCUT2D eigenvalue weighted by Crippen LogP contribution is 2.45. The smallest absolute Gasteiger partial charge is 0.331 e. The maximum Gasteiger partial charge on any atom is 0.331 e. The van der Waals surface area contributed by atoms with Gasteiger partial charge >= 0.3 is 5.69 Å². The Hall–Kier alpha value is -4.52. The third-order valence-corrected chi connectivity index (χ3v) is 6.80. The lowest BCUT2D eigenvalue weighted by Gasteiger charge is -2.31. The SMILES string of the molecule is COc1cccc([C@H]2Nc3ccccc3-n3c(-c4ccccc4)c4c(=O)n(C)c(=O)n(C)c4c32)c1. The summed E-state index contributed by atoms with van der Waals surface area (Å²) in [5, 5.41) is 4.17. The fourth-order valence-electron chi connectivity index (χ4n) is 5.16. The monoisotopic (exact) mass is 464 g/mol. The van der Waals surface area contributed by atoms with Crippen molar-refractivity contribution in [1.82, 2.24) is 13.7 Å². The first-order valence-corrected chi connectivity index (χ1v) is 11.4. The van der Waals surface area contributed by atoms with Gasteiger partial charge in [0.2, 0.25) is 0 Å². The molecule has 0 amide bonds. The molecule has 7 heteroatoms. The number of hydrogen-bond acceptors (Lipinski definition) is 4.